The van der Waals surface area contributed by atoms with Crippen LogP contribution in [0.15, 0.2) is 24.3 Å². The van der Waals surface area contributed by atoms with Gasteiger partial charge in [-0.25, -0.2) is 0 Å². The van der Waals surface area contributed by atoms with Crippen molar-refractivity contribution >= 4 is 23.3 Å². The highest BCUT2D eigenvalue weighted by Crippen LogP contribution is 2.21. The van der Waals surface area contributed by atoms with E-state index in [-0.39, 0.29) is 17.7 Å². The largest absolute Gasteiger partial charge is 0.425 e. The fourth-order valence-corrected chi connectivity index (χ4v) is 1.72. The molecule has 5 nitrogen and oxygen atoms in total. The highest BCUT2D eigenvalue weighted by molar-refractivity contribution is 6.15. The number of ether oxygens (including phenoxy) is 1. The molecule has 1 aliphatic rings. The van der Waals surface area contributed by atoms with E-state index in [0.717, 1.165) is 0 Å². The third-order valence-electron chi connectivity index (χ3n) is 2.50. The standard InChI is InChI=1S/C13H10O5/c14-8-5-9(15)7-13(17)18-12-4-2-1-3-10(12)11(16)6-8/h1-4H,5-7H2. The molecule has 1 aliphatic heterocycles. The topological polar surface area (TPSA) is 77.5 Å². The summed E-state index contributed by atoms with van der Waals surface area (Å²) in [6, 6.07) is 6.17. The average molecular weight is 246 g/mol. The van der Waals surface area contributed by atoms with Crippen molar-refractivity contribution in [2.24, 2.45) is 0 Å². The Hall–Kier alpha value is -2.30. The minimum Gasteiger partial charge on any atom is -0.425 e. The first-order chi connectivity index (χ1) is 8.56. The van der Waals surface area contributed by atoms with Gasteiger partial charge in [0.05, 0.1) is 18.4 Å². The van der Waals surface area contributed by atoms with Crippen molar-refractivity contribution < 1.29 is 23.9 Å². The number of para-hydroxylation sites is 1. The third kappa shape index (κ3) is 2.68. The second kappa shape index (κ2) is 4.91. The number of carbonyl (C=O) groups is 4. The van der Waals surface area contributed by atoms with Gasteiger partial charge < -0.3 is 4.74 Å². The number of ketones is 3. The summed E-state index contributed by atoms with van der Waals surface area (Å²) in [6.45, 7) is 0. The van der Waals surface area contributed by atoms with Crippen LogP contribution in [0.3, 0.4) is 0 Å². The van der Waals surface area contributed by atoms with Crippen LogP contribution in [-0.4, -0.2) is 23.3 Å². The van der Waals surface area contributed by atoms with E-state index in [1.807, 2.05) is 0 Å². The monoisotopic (exact) mass is 246 g/mol. The van der Waals surface area contributed by atoms with E-state index < -0.39 is 36.2 Å². The molecule has 1 aromatic carbocycles. The lowest BCUT2D eigenvalue weighted by atomic mass is 10.0. The smallest absolute Gasteiger partial charge is 0.318 e. The second-order valence-electron chi connectivity index (χ2n) is 4.00. The zero-order valence-corrected chi connectivity index (χ0v) is 9.47. The normalized spacial score (nSPS) is 17.1. The van der Waals surface area contributed by atoms with E-state index in [4.69, 9.17) is 4.74 Å². The zero-order chi connectivity index (χ0) is 13.1. The molecule has 0 amide bonds. The molecule has 2 rings (SSSR count). The lowest BCUT2D eigenvalue weighted by molar-refractivity contribution is -0.138. The lowest BCUT2D eigenvalue weighted by Crippen LogP contribution is -2.21. The number of hydrogen-bond acceptors (Lipinski definition) is 5. The molecule has 0 radical (unpaired) electrons. The molecule has 0 saturated heterocycles. The van der Waals surface area contributed by atoms with Gasteiger partial charge in [-0.15, -0.1) is 0 Å². The molecule has 0 spiro atoms. The zero-order valence-electron chi connectivity index (χ0n) is 9.47. The number of rotatable bonds is 0. The molecule has 1 heterocycles. The van der Waals surface area contributed by atoms with E-state index in [1.54, 1.807) is 12.1 Å². The Morgan fingerprint density at radius 2 is 1.50 bits per heavy atom. The van der Waals surface area contributed by atoms with Crippen LogP contribution in [0.25, 0.3) is 0 Å². The van der Waals surface area contributed by atoms with Crippen LogP contribution in [0.1, 0.15) is 29.6 Å². The van der Waals surface area contributed by atoms with Crippen LogP contribution in [0.2, 0.25) is 0 Å². The molecule has 1 aromatic rings. The van der Waals surface area contributed by atoms with E-state index in [9.17, 15) is 19.2 Å². The molecule has 5 heteroatoms. The Morgan fingerprint density at radius 3 is 2.28 bits per heavy atom. The Morgan fingerprint density at radius 1 is 0.833 bits per heavy atom. The van der Waals surface area contributed by atoms with Crippen molar-refractivity contribution in [1.29, 1.82) is 0 Å². The summed E-state index contributed by atoms with van der Waals surface area (Å²) in [5, 5.41) is 0. The van der Waals surface area contributed by atoms with Gasteiger partial charge in [-0.3, -0.25) is 19.2 Å². The summed E-state index contributed by atoms with van der Waals surface area (Å²) in [4.78, 5) is 46.0. The molecule has 92 valence electrons. The van der Waals surface area contributed by atoms with Crippen LogP contribution in [0.4, 0.5) is 0 Å². The first-order valence-corrected chi connectivity index (χ1v) is 5.42. The van der Waals surface area contributed by atoms with E-state index in [1.165, 1.54) is 12.1 Å². The summed E-state index contributed by atoms with van der Waals surface area (Å²) >= 11 is 0. The minimum absolute atomic E-state index is 0.0926. The quantitative estimate of drug-likeness (QED) is 0.389. The van der Waals surface area contributed by atoms with Gasteiger partial charge in [-0.1, -0.05) is 12.1 Å². The summed E-state index contributed by atoms with van der Waals surface area (Å²) in [6.07, 6.45) is -1.20. The third-order valence-corrected chi connectivity index (χ3v) is 2.50. The Bertz CT molecular complexity index is 544. The summed E-state index contributed by atoms with van der Waals surface area (Å²) < 4.78 is 4.96. The summed E-state index contributed by atoms with van der Waals surface area (Å²) in [5.41, 5.74) is 0.188. The van der Waals surface area contributed by atoms with Crippen molar-refractivity contribution in [2.75, 3.05) is 0 Å². The maximum absolute atomic E-state index is 11.8. The second-order valence-corrected chi connectivity index (χ2v) is 4.00. The fourth-order valence-electron chi connectivity index (χ4n) is 1.72. The number of hydrogen-bond donors (Lipinski definition) is 0. The van der Waals surface area contributed by atoms with Gasteiger partial charge in [0, 0.05) is 0 Å². The van der Waals surface area contributed by atoms with Crippen molar-refractivity contribution in [3.05, 3.63) is 29.8 Å². The van der Waals surface area contributed by atoms with Crippen LogP contribution < -0.4 is 4.74 Å². The van der Waals surface area contributed by atoms with Crippen LogP contribution >= 0.6 is 0 Å². The molecule has 0 aromatic heterocycles. The summed E-state index contributed by atoms with van der Waals surface area (Å²) in [5.74, 6) is -2.12. The predicted molar refractivity (Wildman–Crippen MR) is 60.3 cm³/mol. The molecular weight excluding hydrogens is 236 g/mol. The molecule has 0 aliphatic carbocycles. The van der Waals surface area contributed by atoms with E-state index in [2.05, 4.69) is 0 Å². The van der Waals surface area contributed by atoms with Gasteiger partial charge in [0.25, 0.3) is 0 Å². The molecule has 0 bridgehead atoms. The van der Waals surface area contributed by atoms with Gasteiger partial charge in [0.15, 0.2) is 11.6 Å². The first-order valence-electron chi connectivity index (χ1n) is 5.42. The van der Waals surface area contributed by atoms with Crippen LogP contribution in [-0.2, 0) is 14.4 Å². The highest BCUT2D eigenvalue weighted by Gasteiger charge is 2.23. The number of carbonyl (C=O) groups excluding carboxylic acids is 4. The SMILES string of the molecule is O=C1CC(=O)CC(=O)c2ccccc2OC(=O)C1. The van der Waals surface area contributed by atoms with Crippen LogP contribution in [0, 0.1) is 0 Å². The van der Waals surface area contributed by atoms with Crippen molar-refractivity contribution in [2.45, 2.75) is 19.3 Å². The first kappa shape index (κ1) is 12.2. The number of Topliss-reactive ketones (excluding diaryl/α,β-unsaturated/α-hetero) is 3. The molecule has 0 saturated carbocycles. The average Bonchev–Trinajstić information content (AvgIpc) is 2.27. The Labute approximate surface area is 103 Å². The number of fused-ring (bicyclic) bond motifs is 1. The summed E-state index contributed by atoms with van der Waals surface area (Å²) in [7, 11) is 0. The number of esters is 1. The van der Waals surface area contributed by atoms with Gasteiger partial charge >= 0.3 is 5.97 Å². The van der Waals surface area contributed by atoms with Gasteiger partial charge in [0.1, 0.15) is 18.0 Å². The van der Waals surface area contributed by atoms with Crippen molar-refractivity contribution in [1.82, 2.24) is 0 Å². The minimum atomic E-state index is -0.755. The molecule has 0 atom stereocenters. The Balaban J connectivity index is 2.40. The number of benzene rings is 1. The Kier molecular flexibility index (Phi) is 3.32. The van der Waals surface area contributed by atoms with Crippen LogP contribution in [0.5, 0.6) is 5.75 Å². The maximum atomic E-state index is 11.8. The molecule has 18 heavy (non-hydrogen) atoms. The van der Waals surface area contributed by atoms with Gasteiger partial charge in [-0.2, -0.15) is 0 Å². The fraction of sp³-hybridized carbons (Fsp3) is 0.231. The van der Waals surface area contributed by atoms with Crippen molar-refractivity contribution in [3.63, 3.8) is 0 Å². The van der Waals surface area contributed by atoms with E-state index in [0.29, 0.717) is 0 Å². The molecule has 0 fully saturated rings. The van der Waals surface area contributed by atoms with Gasteiger partial charge in [-0.05, 0) is 12.1 Å². The van der Waals surface area contributed by atoms with E-state index >= 15 is 0 Å². The van der Waals surface area contributed by atoms with Gasteiger partial charge in [0.2, 0.25) is 0 Å². The molecule has 0 unspecified atom stereocenters. The molecule has 0 N–H and O–H groups in total. The molecular formula is C13H10O5. The predicted octanol–water partition coefficient (Wildman–Crippen LogP) is 1.10. The maximum Gasteiger partial charge on any atom is 0.318 e. The highest BCUT2D eigenvalue weighted by atomic mass is 16.5. The van der Waals surface area contributed by atoms with Crippen molar-refractivity contribution in [3.8, 4) is 5.75 Å². The lowest BCUT2D eigenvalue weighted by Gasteiger charge is -2.10.